The predicted octanol–water partition coefficient (Wildman–Crippen LogP) is 3.96. The van der Waals surface area contributed by atoms with Crippen molar-refractivity contribution in [2.24, 2.45) is 0 Å². The van der Waals surface area contributed by atoms with Crippen LogP contribution < -0.4 is 0 Å². The minimum Gasteiger partial charge on any atom is -0.483 e. The summed E-state index contributed by atoms with van der Waals surface area (Å²) in [6, 6.07) is 15.9. The fourth-order valence-corrected chi connectivity index (χ4v) is 3.13. The van der Waals surface area contributed by atoms with E-state index in [0.717, 1.165) is 39.3 Å². The van der Waals surface area contributed by atoms with Gasteiger partial charge in [0.25, 0.3) is 0 Å². The van der Waals surface area contributed by atoms with Crippen LogP contribution >= 0.6 is 12.2 Å². The Morgan fingerprint density at radius 1 is 1.12 bits per heavy atom. The smallest absolute Gasteiger partial charge is 0.191 e. The largest absolute Gasteiger partial charge is 0.483 e. The van der Waals surface area contributed by atoms with Crippen molar-refractivity contribution in [1.29, 1.82) is 0 Å². The van der Waals surface area contributed by atoms with Crippen LogP contribution in [0.1, 0.15) is 18.2 Å². The lowest BCUT2D eigenvalue weighted by molar-refractivity contribution is 0.337. The van der Waals surface area contributed by atoms with Crippen LogP contribution in [0, 0.1) is 6.92 Å². The Bertz CT molecular complexity index is 1090. The molecule has 25 heavy (non-hydrogen) atoms. The highest BCUT2D eigenvalue weighted by Gasteiger charge is 2.15. The van der Waals surface area contributed by atoms with E-state index in [1.165, 1.54) is 0 Å². The molecule has 0 atom stereocenters. The van der Waals surface area contributed by atoms with Gasteiger partial charge in [-0.25, -0.2) is 4.98 Å². The van der Waals surface area contributed by atoms with Crippen molar-refractivity contribution >= 4 is 33.9 Å². The quantitative estimate of drug-likeness (QED) is 0.525. The topological polar surface area (TPSA) is 52.3 Å². The Hall–Kier alpha value is -2.86. The van der Waals surface area contributed by atoms with Crippen LogP contribution in [0.3, 0.4) is 0 Å². The van der Waals surface area contributed by atoms with Gasteiger partial charge in [-0.2, -0.15) is 0 Å². The molecule has 0 spiro atoms. The average molecular weight is 348 g/mol. The van der Waals surface area contributed by atoms with Gasteiger partial charge < -0.3 is 4.74 Å². The second kappa shape index (κ2) is 6.22. The molecule has 4 rings (SSSR count). The van der Waals surface area contributed by atoms with Gasteiger partial charge in [-0.15, -0.1) is 10.2 Å². The molecule has 2 heterocycles. The minimum atomic E-state index is 0.479. The number of aryl methyl sites for hydroxylation is 1. The van der Waals surface area contributed by atoms with E-state index >= 15 is 0 Å². The highest BCUT2D eigenvalue weighted by atomic mass is 32.1. The fraction of sp³-hybridized carbons (Fsp3) is 0.158. The zero-order valence-corrected chi connectivity index (χ0v) is 14.7. The molecule has 0 saturated carbocycles. The summed E-state index contributed by atoms with van der Waals surface area (Å²) < 4.78 is 7.51. The number of thiocarbonyl (C=S) groups is 1. The third-order valence-corrected chi connectivity index (χ3v) is 4.39. The zero-order valence-electron chi connectivity index (χ0n) is 13.9. The molecular formula is C19H16N4OS. The van der Waals surface area contributed by atoms with Crippen LogP contribution in [0.5, 0.6) is 0 Å². The maximum absolute atomic E-state index is 5.48. The predicted molar refractivity (Wildman–Crippen MR) is 102 cm³/mol. The summed E-state index contributed by atoms with van der Waals surface area (Å²) in [4.78, 5) is 4.65. The summed E-state index contributed by atoms with van der Waals surface area (Å²) in [7, 11) is 0. The van der Waals surface area contributed by atoms with Crippen LogP contribution in [0.15, 0.2) is 48.5 Å². The van der Waals surface area contributed by atoms with Crippen molar-refractivity contribution in [3.8, 4) is 11.4 Å². The second-order valence-corrected chi connectivity index (χ2v) is 6.04. The fourth-order valence-electron chi connectivity index (χ4n) is 2.89. The zero-order chi connectivity index (χ0) is 17.4. The Labute approximate surface area is 150 Å². The molecule has 0 aliphatic carbocycles. The maximum Gasteiger partial charge on any atom is 0.191 e. The van der Waals surface area contributed by atoms with E-state index < -0.39 is 0 Å². The molecule has 0 N–H and O–H groups in total. The molecule has 0 saturated heterocycles. The van der Waals surface area contributed by atoms with E-state index in [0.29, 0.717) is 11.7 Å². The summed E-state index contributed by atoms with van der Waals surface area (Å²) in [5, 5.41) is 9.22. The van der Waals surface area contributed by atoms with E-state index in [9.17, 15) is 0 Å². The normalized spacial score (nSPS) is 11.1. The molecule has 0 unspecified atom stereocenters. The maximum atomic E-state index is 5.48. The first-order valence-electron chi connectivity index (χ1n) is 8.07. The Balaban J connectivity index is 2.04. The van der Waals surface area contributed by atoms with E-state index in [1.54, 1.807) is 0 Å². The van der Waals surface area contributed by atoms with E-state index in [4.69, 9.17) is 17.0 Å². The molecule has 124 valence electrons. The summed E-state index contributed by atoms with van der Waals surface area (Å²) >= 11 is 5.35. The van der Waals surface area contributed by atoms with Crippen LogP contribution in [0.2, 0.25) is 0 Å². The Kier molecular flexibility index (Phi) is 3.89. The van der Waals surface area contributed by atoms with E-state index in [2.05, 4.69) is 15.2 Å². The average Bonchev–Trinajstić information content (AvgIpc) is 3.08. The summed E-state index contributed by atoms with van der Waals surface area (Å²) in [6.07, 6.45) is 0. The number of benzene rings is 2. The van der Waals surface area contributed by atoms with Crippen LogP contribution in [0.25, 0.3) is 28.1 Å². The standard InChI is InChI=1S/C19H16N4OS/c1-3-24-19(25)14-9-10-15-16(11-14)23-17(12(2)20-15)21-22-18(23)13-7-5-4-6-8-13/h4-11H,3H2,1-2H3. The number of ether oxygens (including phenoxy) is 1. The summed E-state index contributed by atoms with van der Waals surface area (Å²) in [5.74, 6) is 0.783. The van der Waals surface area contributed by atoms with Gasteiger partial charge in [-0.1, -0.05) is 30.3 Å². The van der Waals surface area contributed by atoms with Gasteiger partial charge in [0, 0.05) is 11.1 Å². The van der Waals surface area contributed by atoms with E-state index in [1.807, 2.05) is 66.8 Å². The molecule has 0 bridgehead atoms. The van der Waals surface area contributed by atoms with Gasteiger partial charge in [-0.3, -0.25) is 4.40 Å². The van der Waals surface area contributed by atoms with Gasteiger partial charge in [0.1, 0.15) is 0 Å². The van der Waals surface area contributed by atoms with Crippen LogP contribution in [-0.4, -0.2) is 31.2 Å². The molecule has 2 aromatic heterocycles. The number of hydrogen-bond donors (Lipinski definition) is 0. The van der Waals surface area contributed by atoms with Crippen LogP contribution in [0.4, 0.5) is 0 Å². The third kappa shape index (κ3) is 2.64. The van der Waals surface area contributed by atoms with Crippen LogP contribution in [-0.2, 0) is 4.74 Å². The van der Waals surface area contributed by atoms with E-state index in [-0.39, 0.29) is 0 Å². The monoisotopic (exact) mass is 348 g/mol. The Morgan fingerprint density at radius 3 is 2.68 bits per heavy atom. The van der Waals surface area contributed by atoms with Crippen molar-refractivity contribution in [2.45, 2.75) is 13.8 Å². The molecule has 5 nitrogen and oxygen atoms in total. The van der Waals surface area contributed by atoms with Crippen molar-refractivity contribution < 1.29 is 4.74 Å². The van der Waals surface area contributed by atoms with Gasteiger partial charge in [0.05, 0.1) is 23.3 Å². The van der Waals surface area contributed by atoms with Crippen molar-refractivity contribution in [3.05, 3.63) is 59.8 Å². The molecular weight excluding hydrogens is 332 g/mol. The van der Waals surface area contributed by atoms with Gasteiger partial charge in [-0.05, 0) is 44.3 Å². The van der Waals surface area contributed by atoms with Crippen molar-refractivity contribution in [3.63, 3.8) is 0 Å². The molecule has 4 aromatic rings. The molecule has 6 heteroatoms. The molecule has 0 radical (unpaired) electrons. The summed E-state index contributed by atoms with van der Waals surface area (Å²) in [6.45, 7) is 4.40. The highest BCUT2D eigenvalue weighted by Crippen LogP contribution is 2.25. The second-order valence-electron chi connectivity index (χ2n) is 5.67. The number of nitrogens with zero attached hydrogens (tertiary/aromatic N) is 4. The molecule has 0 aliphatic heterocycles. The molecule has 0 fully saturated rings. The molecule has 0 amide bonds. The lowest BCUT2D eigenvalue weighted by Gasteiger charge is -2.09. The first kappa shape index (κ1) is 15.7. The van der Waals surface area contributed by atoms with Gasteiger partial charge in [0.2, 0.25) is 0 Å². The summed E-state index contributed by atoms with van der Waals surface area (Å²) in [5.41, 5.74) is 5.20. The SMILES string of the molecule is CCOC(=S)c1ccc2nc(C)c3nnc(-c4ccccc4)n3c2c1. The molecule has 0 aliphatic rings. The molecule has 2 aromatic carbocycles. The first-order chi connectivity index (χ1) is 12.2. The number of hydrogen-bond acceptors (Lipinski definition) is 5. The number of aromatic nitrogens is 4. The minimum absolute atomic E-state index is 0.479. The number of rotatable bonds is 3. The first-order valence-corrected chi connectivity index (χ1v) is 8.48. The lowest BCUT2D eigenvalue weighted by Crippen LogP contribution is -2.04. The van der Waals surface area contributed by atoms with Gasteiger partial charge >= 0.3 is 0 Å². The van der Waals surface area contributed by atoms with Crippen molar-refractivity contribution in [2.75, 3.05) is 6.61 Å². The number of fused-ring (bicyclic) bond motifs is 3. The lowest BCUT2D eigenvalue weighted by atomic mass is 10.1. The van der Waals surface area contributed by atoms with Gasteiger partial charge in [0.15, 0.2) is 16.5 Å². The third-order valence-electron chi connectivity index (χ3n) is 4.03. The van der Waals surface area contributed by atoms with Crippen molar-refractivity contribution in [1.82, 2.24) is 19.6 Å². The Morgan fingerprint density at radius 2 is 1.92 bits per heavy atom. The highest BCUT2D eigenvalue weighted by molar-refractivity contribution is 7.80.